The Morgan fingerprint density at radius 2 is 1.56 bits per heavy atom. The van der Waals surface area contributed by atoms with Crippen molar-refractivity contribution < 1.29 is 22.7 Å². The molecule has 3 aromatic rings. The normalized spacial score (nSPS) is 14.3. The van der Waals surface area contributed by atoms with E-state index in [9.17, 15) is 18.0 Å². The quantitative estimate of drug-likeness (QED) is 0.263. The van der Waals surface area contributed by atoms with Gasteiger partial charge in [0.05, 0.1) is 17.7 Å². The highest BCUT2D eigenvalue weighted by Gasteiger charge is 2.34. The molecule has 1 atom stereocenters. The van der Waals surface area contributed by atoms with Gasteiger partial charge in [-0.15, -0.1) is 0 Å². The van der Waals surface area contributed by atoms with E-state index in [-0.39, 0.29) is 29.3 Å². The number of benzene rings is 3. The summed E-state index contributed by atoms with van der Waals surface area (Å²) in [6.07, 6.45) is 4.36. The maximum absolute atomic E-state index is 14.3. The largest absolute Gasteiger partial charge is 0.497 e. The molecule has 8 nitrogen and oxygen atoms in total. The fourth-order valence-corrected chi connectivity index (χ4v) is 6.92. The number of ether oxygens (including phenoxy) is 1. The molecule has 9 heteroatoms. The summed E-state index contributed by atoms with van der Waals surface area (Å²) in [6, 6.07) is 22.0. The van der Waals surface area contributed by atoms with Crippen LogP contribution >= 0.6 is 0 Å². The van der Waals surface area contributed by atoms with Crippen LogP contribution in [0.5, 0.6) is 5.75 Å². The third-order valence-electron chi connectivity index (χ3n) is 8.06. The summed E-state index contributed by atoms with van der Waals surface area (Å²) in [4.78, 5) is 29.5. The minimum absolute atomic E-state index is 0.0865. The van der Waals surface area contributed by atoms with Gasteiger partial charge in [-0.05, 0) is 72.7 Å². The number of nitrogens with one attached hydrogen (secondary N) is 1. The van der Waals surface area contributed by atoms with E-state index in [2.05, 4.69) is 19.2 Å². The number of carbonyl (C=O) groups is 2. The van der Waals surface area contributed by atoms with Crippen molar-refractivity contribution in [2.24, 2.45) is 0 Å². The Kier molecular flexibility index (Phi) is 10.9. The number of nitrogens with zero attached hydrogens (tertiary/aromatic N) is 2. The van der Waals surface area contributed by atoms with E-state index in [1.165, 1.54) is 17.0 Å². The maximum atomic E-state index is 14.3. The molecule has 0 radical (unpaired) electrons. The van der Waals surface area contributed by atoms with Gasteiger partial charge >= 0.3 is 0 Å². The second-order valence-corrected chi connectivity index (χ2v) is 13.2. The van der Waals surface area contributed by atoms with Gasteiger partial charge in [-0.1, -0.05) is 76.1 Å². The fraction of sp³-hybridized carbons (Fsp3) is 0.412. The van der Waals surface area contributed by atoms with Crippen molar-refractivity contribution in [1.29, 1.82) is 0 Å². The van der Waals surface area contributed by atoms with Gasteiger partial charge in [-0.25, -0.2) is 8.42 Å². The van der Waals surface area contributed by atoms with E-state index in [1.807, 2.05) is 31.2 Å². The first-order chi connectivity index (χ1) is 20.6. The first kappa shape index (κ1) is 32.1. The summed E-state index contributed by atoms with van der Waals surface area (Å²) in [5.41, 5.74) is 2.25. The molecule has 4 rings (SSSR count). The molecule has 0 aromatic heterocycles. The molecule has 0 unspecified atom stereocenters. The van der Waals surface area contributed by atoms with Crippen LogP contribution in [0.2, 0.25) is 0 Å². The Bertz CT molecular complexity index is 1450. The van der Waals surface area contributed by atoms with Crippen molar-refractivity contribution in [3.05, 3.63) is 90.0 Å². The highest BCUT2D eigenvalue weighted by molar-refractivity contribution is 7.92. The highest BCUT2D eigenvalue weighted by Crippen LogP contribution is 2.27. The molecule has 1 aliphatic rings. The van der Waals surface area contributed by atoms with Gasteiger partial charge in [-0.2, -0.15) is 0 Å². The van der Waals surface area contributed by atoms with Crippen LogP contribution in [0.25, 0.3) is 0 Å². The zero-order valence-corrected chi connectivity index (χ0v) is 26.3. The molecule has 0 heterocycles. The predicted octanol–water partition coefficient (Wildman–Crippen LogP) is 5.88. The Hall–Kier alpha value is -3.85. The zero-order valence-electron chi connectivity index (χ0n) is 25.5. The minimum atomic E-state index is -4.10. The number of anilines is 1. The highest BCUT2D eigenvalue weighted by atomic mass is 32.2. The molecule has 1 saturated carbocycles. The van der Waals surface area contributed by atoms with Gasteiger partial charge in [0, 0.05) is 12.6 Å². The Balaban J connectivity index is 1.71. The van der Waals surface area contributed by atoms with Crippen LogP contribution in [0.15, 0.2) is 83.8 Å². The predicted molar refractivity (Wildman–Crippen MR) is 170 cm³/mol. The van der Waals surface area contributed by atoms with Crippen LogP contribution in [0, 0.1) is 0 Å². The van der Waals surface area contributed by atoms with Gasteiger partial charge in [-0.3, -0.25) is 13.9 Å². The molecule has 2 amide bonds. The van der Waals surface area contributed by atoms with Crippen molar-refractivity contribution in [2.75, 3.05) is 18.0 Å². The average molecular weight is 606 g/mol. The van der Waals surface area contributed by atoms with Gasteiger partial charge in [0.1, 0.15) is 18.3 Å². The summed E-state index contributed by atoms with van der Waals surface area (Å²) >= 11 is 0. The first-order valence-electron chi connectivity index (χ1n) is 15.0. The number of amides is 2. The number of carbonyl (C=O) groups excluding carboxylic acids is 2. The average Bonchev–Trinajstić information content (AvgIpc) is 3.53. The summed E-state index contributed by atoms with van der Waals surface area (Å²) < 4.78 is 34.4. The molecule has 1 N–H and O–H groups in total. The van der Waals surface area contributed by atoms with Gasteiger partial charge in [0.15, 0.2) is 0 Å². The number of methoxy groups -OCH3 is 1. The molecule has 3 aromatic carbocycles. The van der Waals surface area contributed by atoms with Crippen molar-refractivity contribution in [2.45, 2.75) is 82.3 Å². The zero-order chi connectivity index (χ0) is 31.0. The molecule has 0 saturated heterocycles. The van der Waals surface area contributed by atoms with E-state index >= 15 is 0 Å². The molecule has 1 fully saturated rings. The lowest BCUT2D eigenvalue weighted by Crippen LogP contribution is -2.53. The van der Waals surface area contributed by atoms with Crippen LogP contribution in [0.4, 0.5) is 5.69 Å². The topological polar surface area (TPSA) is 96.0 Å². The van der Waals surface area contributed by atoms with Gasteiger partial charge in [0.2, 0.25) is 11.8 Å². The van der Waals surface area contributed by atoms with Crippen LogP contribution < -0.4 is 14.4 Å². The minimum Gasteiger partial charge on any atom is -0.497 e. The lowest BCUT2D eigenvalue weighted by Gasteiger charge is -2.34. The summed E-state index contributed by atoms with van der Waals surface area (Å²) in [6.45, 7) is 5.69. The van der Waals surface area contributed by atoms with E-state index in [0.29, 0.717) is 17.9 Å². The third kappa shape index (κ3) is 7.96. The van der Waals surface area contributed by atoms with Crippen LogP contribution in [0.1, 0.15) is 69.9 Å². The smallest absolute Gasteiger partial charge is 0.264 e. The maximum Gasteiger partial charge on any atom is 0.264 e. The second kappa shape index (κ2) is 14.6. The van der Waals surface area contributed by atoms with Gasteiger partial charge < -0.3 is 15.0 Å². The summed E-state index contributed by atoms with van der Waals surface area (Å²) in [7, 11) is -2.52. The molecule has 1 aliphatic carbocycles. The molecular weight excluding hydrogens is 562 g/mol. The Labute approximate surface area is 256 Å². The number of hydrogen-bond acceptors (Lipinski definition) is 5. The molecule has 0 bridgehead atoms. The lowest BCUT2D eigenvalue weighted by molar-refractivity contribution is -0.140. The van der Waals surface area contributed by atoms with Crippen molar-refractivity contribution in [3.8, 4) is 5.75 Å². The Morgan fingerprint density at radius 1 is 0.930 bits per heavy atom. The molecule has 43 heavy (non-hydrogen) atoms. The number of rotatable bonds is 13. The van der Waals surface area contributed by atoms with Crippen LogP contribution in [-0.2, 0) is 26.2 Å². The summed E-state index contributed by atoms with van der Waals surface area (Å²) in [5.74, 6) is 0.267. The van der Waals surface area contributed by atoms with E-state index in [4.69, 9.17) is 4.74 Å². The van der Waals surface area contributed by atoms with Crippen molar-refractivity contribution in [3.63, 3.8) is 0 Å². The Morgan fingerprint density at radius 3 is 2.12 bits per heavy atom. The molecule has 230 valence electrons. The van der Waals surface area contributed by atoms with Crippen molar-refractivity contribution in [1.82, 2.24) is 10.2 Å². The molecule has 0 spiro atoms. The SMILES string of the molecule is CC[C@@H](C(=O)NC1CCCC1)N(Cc1ccc(OC)cc1)C(=O)CN(c1ccc(C(C)C)cc1)S(=O)(=O)c1ccccc1. The second-order valence-electron chi connectivity index (χ2n) is 11.4. The standard InChI is InChI=1S/C34H43N3O5S/c1-5-32(34(39)35-28-11-9-10-12-28)36(23-26-15-21-30(42-4)22-16-26)33(38)24-37(29-19-17-27(18-20-29)25(2)3)43(40,41)31-13-7-6-8-14-31/h6-8,13-22,25,28,32H,5,9-12,23-24H2,1-4H3,(H,35,39)/t32-/m0/s1. The molecular formula is C34H43N3O5S. The summed E-state index contributed by atoms with van der Waals surface area (Å²) in [5, 5.41) is 3.14. The number of hydrogen-bond donors (Lipinski definition) is 1. The molecule has 0 aliphatic heterocycles. The third-order valence-corrected chi connectivity index (χ3v) is 9.85. The van der Waals surface area contributed by atoms with E-state index < -0.39 is 28.5 Å². The number of sulfonamides is 1. The lowest BCUT2D eigenvalue weighted by atomic mass is 10.0. The van der Waals surface area contributed by atoms with Crippen molar-refractivity contribution >= 4 is 27.5 Å². The fourth-order valence-electron chi connectivity index (χ4n) is 5.49. The van der Waals surface area contributed by atoms with Gasteiger partial charge in [0.25, 0.3) is 10.0 Å². The first-order valence-corrected chi connectivity index (χ1v) is 16.5. The van der Waals surface area contributed by atoms with E-state index in [0.717, 1.165) is 41.1 Å². The van der Waals surface area contributed by atoms with Crippen LogP contribution in [-0.4, -0.2) is 50.9 Å². The van der Waals surface area contributed by atoms with E-state index in [1.54, 1.807) is 49.6 Å². The monoisotopic (exact) mass is 605 g/mol. The van der Waals surface area contributed by atoms with Crippen LogP contribution in [0.3, 0.4) is 0 Å².